The van der Waals surface area contributed by atoms with Crippen LogP contribution in [0.1, 0.15) is 10.4 Å². The fourth-order valence-corrected chi connectivity index (χ4v) is 3.36. The summed E-state index contributed by atoms with van der Waals surface area (Å²) in [5.74, 6) is -1.19. The van der Waals surface area contributed by atoms with Crippen molar-refractivity contribution in [3.05, 3.63) is 58.9 Å². The molecule has 7 heteroatoms. The minimum atomic E-state index is -0.636. The second-order valence-corrected chi connectivity index (χ2v) is 6.83. The molecule has 1 amide bonds. The summed E-state index contributed by atoms with van der Waals surface area (Å²) in [6, 6.07) is 11.7. The maximum atomic E-state index is 13.9. The lowest BCUT2D eigenvalue weighted by Gasteiger charge is -2.36. The van der Waals surface area contributed by atoms with Gasteiger partial charge in [0.15, 0.2) is 0 Å². The van der Waals surface area contributed by atoms with Crippen LogP contribution in [0.5, 0.6) is 0 Å². The minimum absolute atomic E-state index is 0.0930. The molecular weight excluding hydrogens is 369 g/mol. The van der Waals surface area contributed by atoms with Gasteiger partial charge in [-0.25, -0.2) is 4.39 Å². The largest absolute Gasteiger partial charge is 0.383 e. The molecule has 2 aromatic rings. The molecule has 0 atom stereocenters. The van der Waals surface area contributed by atoms with Crippen molar-refractivity contribution in [1.82, 2.24) is 4.90 Å². The standard InChI is InChI=1S/C20H23ClFN3O2/c1-27-14-13-24-9-11-25(12-10-24)16-7-5-15(6-8-16)23-20(26)19-17(21)3-2-4-18(19)22/h2-8H,9-14H2,1H3,(H,23,26). The van der Waals surface area contributed by atoms with Crippen molar-refractivity contribution in [2.75, 3.05) is 56.7 Å². The first-order chi connectivity index (χ1) is 13.1. The SMILES string of the molecule is COCCN1CCN(c2ccc(NC(=O)c3c(F)cccc3Cl)cc2)CC1. The van der Waals surface area contributed by atoms with E-state index in [4.69, 9.17) is 16.3 Å². The van der Waals surface area contributed by atoms with Gasteiger partial charge in [0.05, 0.1) is 17.2 Å². The summed E-state index contributed by atoms with van der Waals surface area (Å²) in [5.41, 5.74) is 1.56. The zero-order valence-corrected chi connectivity index (χ0v) is 16.0. The number of carbonyl (C=O) groups excluding carboxylic acids is 1. The van der Waals surface area contributed by atoms with Gasteiger partial charge in [-0.2, -0.15) is 0 Å². The summed E-state index contributed by atoms with van der Waals surface area (Å²) < 4.78 is 19.0. The molecule has 3 rings (SSSR count). The van der Waals surface area contributed by atoms with E-state index in [9.17, 15) is 9.18 Å². The van der Waals surface area contributed by atoms with E-state index >= 15 is 0 Å². The number of halogens is 2. The normalized spacial score (nSPS) is 15.0. The second kappa shape index (κ2) is 9.17. The van der Waals surface area contributed by atoms with E-state index in [1.54, 1.807) is 7.11 Å². The third-order valence-corrected chi connectivity index (χ3v) is 4.98. The Morgan fingerprint density at radius 3 is 2.48 bits per heavy atom. The lowest BCUT2D eigenvalue weighted by atomic mass is 10.2. The minimum Gasteiger partial charge on any atom is -0.383 e. The van der Waals surface area contributed by atoms with Gasteiger partial charge >= 0.3 is 0 Å². The van der Waals surface area contributed by atoms with E-state index in [1.165, 1.54) is 18.2 Å². The number of ether oxygens (including phenoxy) is 1. The predicted octanol–water partition coefficient (Wildman–Crippen LogP) is 3.50. The molecule has 0 unspecified atom stereocenters. The Morgan fingerprint density at radius 1 is 1.15 bits per heavy atom. The number of amides is 1. The molecule has 0 spiro atoms. The fraction of sp³-hybridized carbons (Fsp3) is 0.350. The number of nitrogens with zero attached hydrogens (tertiary/aromatic N) is 2. The second-order valence-electron chi connectivity index (χ2n) is 6.42. The van der Waals surface area contributed by atoms with Crippen molar-refractivity contribution in [2.24, 2.45) is 0 Å². The van der Waals surface area contributed by atoms with Crippen LogP contribution in [0.25, 0.3) is 0 Å². The fourth-order valence-electron chi connectivity index (χ4n) is 3.11. The number of nitrogens with one attached hydrogen (secondary N) is 1. The molecule has 1 fully saturated rings. The number of anilines is 2. The van der Waals surface area contributed by atoms with Gasteiger partial charge in [0.2, 0.25) is 0 Å². The maximum absolute atomic E-state index is 13.9. The quantitative estimate of drug-likeness (QED) is 0.818. The molecule has 1 heterocycles. The summed E-state index contributed by atoms with van der Waals surface area (Å²) >= 11 is 5.94. The Kier molecular flexibility index (Phi) is 6.66. The summed E-state index contributed by atoms with van der Waals surface area (Å²) in [5, 5.41) is 2.79. The van der Waals surface area contributed by atoms with Gasteiger partial charge in [-0.05, 0) is 36.4 Å². The molecule has 1 saturated heterocycles. The zero-order chi connectivity index (χ0) is 19.2. The van der Waals surface area contributed by atoms with Gasteiger partial charge in [-0.3, -0.25) is 9.69 Å². The van der Waals surface area contributed by atoms with Crippen molar-refractivity contribution in [2.45, 2.75) is 0 Å². The molecule has 144 valence electrons. The van der Waals surface area contributed by atoms with Crippen molar-refractivity contribution in [3.63, 3.8) is 0 Å². The molecule has 2 aromatic carbocycles. The van der Waals surface area contributed by atoms with Crippen molar-refractivity contribution >= 4 is 28.9 Å². The Hall–Kier alpha value is -2.15. The first-order valence-corrected chi connectivity index (χ1v) is 9.28. The predicted molar refractivity (Wildman–Crippen MR) is 106 cm³/mol. The van der Waals surface area contributed by atoms with Crippen molar-refractivity contribution < 1.29 is 13.9 Å². The van der Waals surface area contributed by atoms with Gasteiger partial charge in [0.25, 0.3) is 5.91 Å². The van der Waals surface area contributed by atoms with Gasteiger partial charge in [-0.15, -0.1) is 0 Å². The number of hydrogen-bond donors (Lipinski definition) is 1. The molecule has 0 aliphatic carbocycles. The molecule has 1 aliphatic rings. The zero-order valence-electron chi connectivity index (χ0n) is 15.3. The van der Waals surface area contributed by atoms with Crippen molar-refractivity contribution in [3.8, 4) is 0 Å². The molecule has 0 saturated carbocycles. The number of hydrogen-bond acceptors (Lipinski definition) is 4. The van der Waals surface area contributed by atoms with E-state index in [2.05, 4.69) is 15.1 Å². The van der Waals surface area contributed by atoms with E-state index in [0.717, 1.165) is 45.0 Å². The molecule has 0 aromatic heterocycles. The highest BCUT2D eigenvalue weighted by Gasteiger charge is 2.18. The van der Waals surface area contributed by atoms with Gasteiger partial charge in [0, 0.05) is 51.2 Å². The number of methoxy groups -OCH3 is 1. The lowest BCUT2D eigenvalue weighted by molar-refractivity contribution is 0.102. The first kappa shape index (κ1) is 19.6. The average molecular weight is 392 g/mol. The van der Waals surface area contributed by atoms with Gasteiger partial charge in [-0.1, -0.05) is 17.7 Å². The Balaban J connectivity index is 1.59. The lowest BCUT2D eigenvalue weighted by Crippen LogP contribution is -2.47. The van der Waals surface area contributed by atoms with E-state index in [1.807, 2.05) is 24.3 Å². The summed E-state index contributed by atoms with van der Waals surface area (Å²) in [4.78, 5) is 17.0. The molecule has 0 bridgehead atoms. The summed E-state index contributed by atoms with van der Waals surface area (Å²) in [7, 11) is 1.72. The summed E-state index contributed by atoms with van der Waals surface area (Å²) in [6.45, 7) is 5.58. The van der Waals surface area contributed by atoms with Crippen LogP contribution in [0, 0.1) is 5.82 Å². The van der Waals surface area contributed by atoms with E-state index in [-0.39, 0.29) is 10.6 Å². The van der Waals surface area contributed by atoms with Crippen LogP contribution in [0.2, 0.25) is 5.02 Å². The van der Waals surface area contributed by atoms with Gasteiger partial charge in [0.1, 0.15) is 5.82 Å². The molecule has 5 nitrogen and oxygen atoms in total. The average Bonchev–Trinajstić information content (AvgIpc) is 2.67. The van der Waals surface area contributed by atoms with Crippen LogP contribution in [0.3, 0.4) is 0 Å². The maximum Gasteiger partial charge on any atom is 0.260 e. The monoisotopic (exact) mass is 391 g/mol. The molecule has 1 N–H and O–H groups in total. The Bertz CT molecular complexity index is 757. The first-order valence-electron chi connectivity index (χ1n) is 8.90. The van der Waals surface area contributed by atoms with Crippen LogP contribution in [-0.2, 0) is 4.74 Å². The third-order valence-electron chi connectivity index (χ3n) is 4.66. The smallest absolute Gasteiger partial charge is 0.260 e. The highest BCUT2D eigenvalue weighted by molar-refractivity contribution is 6.34. The topological polar surface area (TPSA) is 44.8 Å². The van der Waals surface area contributed by atoms with Gasteiger partial charge < -0.3 is 15.0 Å². The molecule has 27 heavy (non-hydrogen) atoms. The van der Waals surface area contributed by atoms with E-state index < -0.39 is 11.7 Å². The van der Waals surface area contributed by atoms with E-state index in [0.29, 0.717) is 5.69 Å². The molecule has 1 aliphatic heterocycles. The van der Waals surface area contributed by atoms with Crippen molar-refractivity contribution in [1.29, 1.82) is 0 Å². The number of benzene rings is 2. The van der Waals surface area contributed by atoms with Crippen LogP contribution in [0.4, 0.5) is 15.8 Å². The highest BCUT2D eigenvalue weighted by atomic mass is 35.5. The van der Waals surface area contributed by atoms with Crippen LogP contribution in [0.15, 0.2) is 42.5 Å². The number of carbonyl (C=O) groups is 1. The third kappa shape index (κ3) is 4.97. The number of piperazine rings is 1. The Labute approximate surface area is 163 Å². The molecular formula is C20H23ClFN3O2. The Morgan fingerprint density at radius 2 is 1.85 bits per heavy atom. The molecule has 0 radical (unpaired) electrons. The van der Waals surface area contributed by atoms with Crippen LogP contribution >= 0.6 is 11.6 Å². The summed E-state index contributed by atoms with van der Waals surface area (Å²) in [6.07, 6.45) is 0. The number of rotatable bonds is 6. The van der Waals surface area contributed by atoms with Crippen LogP contribution < -0.4 is 10.2 Å². The highest BCUT2D eigenvalue weighted by Crippen LogP contribution is 2.23. The van der Waals surface area contributed by atoms with Crippen LogP contribution in [-0.4, -0.2) is 57.2 Å².